The summed E-state index contributed by atoms with van der Waals surface area (Å²) in [6, 6.07) is 8.53. The number of carboxylic acids is 2. The number of hydrogen-bond acceptors (Lipinski definition) is 8. The van der Waals surface area contributed by atoms with E-state index in [0.717, 1.165) is 11.1 Å². The Morgan fingerprint density at radius 1 is 1.12 bits per heavy atom. The van der Waals surface area contributed by atoms with Gasteiger partial charge in [-0.3, -0.25) is 9.78 Å². The van der Waals surface area contributed by atoms with Crippen LogP contribution in [-0.4, -0.2) is 78.6 Å². The number of carboxylic acid groups (broad SMARTS) is 2. The second-order valence-electron chi connectivity index (χ2n) is 7.12. The van der Waals surface area contributed by atoms with Crippen LogP contribution in [0.25, 0.3) is 0 Å². The first-order valence-corrected chi connectivity index (χ1v) is 11.6. The Balaban J connectivity index is 0.000000604. The van der Waals surface area contributed by atoms with Crippen LogP contribution in [0.3, 0.4) is 0 Å². The number of hydrogen-bond donors (Lipinski definition) is 4. The molecule has 1 fully saturated rings. The molecule has 0 spiro atoms. The maximum Gasteiger partial charge on any atom is 0.414 e. The van der Waals surface area contributed by atoms with E-state index < -0.39 is 22.0 Å². The molecule has 184 valence electrons. The van der Waals surface area contributed by atoms with Gasteiger partial charge in [-0.2, -0.15) is 4.31 Å². The second kappa shape index (κ2) is 12.7. The fourth-order valence-corrected chi connectivity index (χ4v) is 4.28. The normalized spacial score (nSPS) is 13.9. The van der Waals surface area contributed by atoms with Gasteiger partial charge in [0.2, 0.25) is 15.9 Å². The molecule has 1 saturated heterocycles. The van der Waals surface area contributed by atoms with Gasteiger partial charge in [-0.15, -0.1) is 0 Å². The van der Waals surface area contributed by atoms with Gasteiger partial charge >= 0.3 is 11.9 Å². The second-order valence-corrected chi connectivity index (χ2v) is 9.05. The van der Waals surface area contributed by atoms with E-state index >= 15 is 0 Å². The Morgan fingerprint density at radius 2 is 1.79 bits per heavy atom. The highest BCUT2D eigenvalue weighted by Gasteiger charge is 2.26. The van der Waals surface area contributed by atoms with Crippen LogP contribution in [-0.2, 0) is 35.7 Å². The molecule has 3 rings (SSSR count). The largest absolute Gasteiger partial charge is 0.473 e. The molecular weight excluding hydrogens is 468 g/mol. The topological polar surface area (TPSA) is 175 Å². The zero-order valence-corrected chi connectivity index (χ0v) is 19.2. The van der Waals surface area contributed by atoms with Gasteiger partial charge in [0.25, 0.3) is 0 Å². The molecule has 0 bridgehead atoms. The Kier molecular flexibility index (Phi) is 10.1. The molecular formula is C21H26N4O8S. The van der Waals surface area contributed by atoms with Crippen LogP contribution in [0.4, 0.5) is 5.69 Å². The lowest BCUT2D eigenvalue weighted by molar-refractivity contribution is -0.159. The third kappa shape index (κ3) is 8.19. The minimum Gasteiger partial charge on any atom is -0.473 e. The monoisotopic (exact) mass is 494 g/mol. The molecule has 2 aromatic rings. The lowest BCUT2D eigenvalue weighted by atomic mass is 10.2. The molecule has 0 saturated carbocycles. The number of anilines is 1. The molecule has 12 nitrogen and oxygen atoms in total. The number of aromatic nitrogens is 1. The number of carbonyl (C=O) groups is 3. The van der Waals surface area contributed by atoms with Crippen molar-refractivity contribution in [3.05, 3.63) is 53.9 Å². The number of rotatable bonds is 7. The van der Waals surface area contributed by atoms with E-state index in [-0.39, 0.29) is 17.3 Å². The summed E-state index contributed by atoms with van der Waals surface area (Å²) in [5.41, 5.74) is 2.26. The van der Waals surface area contributed by atoms with Crippen LogP contribution in [0.15, 0.2) is 47.6 Å². The number of benzene rings is 1. The summed E-state index contributed by atoms with van der Waals surface area (Å²) in [6.45, 7) is 3.88. The number of ether oxygens (including phenoxy) is 1. The summed E-state index contributed by atoms with van der Waals surface area (Å²) in [5, 5.41) is 20.6. The van der Waals surface area contributed by atoms with E-state index in [4.69, 9.17) is 24.5 Å². The average molecular weight is 495 g/mol. The quantitative estimate of drug-likeness (QED) is 0.392. The fourth-order valence-electron chi connectivity index (χ4n) is 2.85. The van der Waals surface area contributed by atoms with Crippen LogP contribution >= 0.6 is 0 Å². The molecule has 1 aliphatic heterocycles. The predicted molar refractivity (Wildman–Crippen MR) is 121 cm³/mol. The van der Waals surface area contributed by atoms with E-state index in [0.29, 0.717) is 38.5 Å². The third-order valence-corrected chi connectivity index (χ3v) is 6.51. The molecule has 1 aliphatic rings. The number of sulfonamides is 1. The van der Waals surface area contributed by atoms with Crippen molar-refractivity contribution in [2.45, 2.75) is 18.4 Å². The molecule has 0 aliphatic carbocycles. The predicted octanol–water partition coefficient (Wildman–Crippen LogP) is 0.295. The summed E-state index contributed by atoms with van der Waals surface area (Å²) in [5.74, 6) is -3.89. The van der Waals surface area contributed by atoms with Crippen LogP contribution in [0.5, 0.6) is 0 Å². The van der Waals surface area contributed by atoms with E-state index in [2.05, 4.69) is 15.6 Å². The van der Waals surface area contributed by atoms with E-state index in [1.54, 1.807) is 24.5 Å². The van der Waals surface area contributed by atoms with E-state index in [1.165, 1.54) is 10.4 Å². The SMILES string of the molecule is Cc1ccc(S(=O)(=O)N2CCOCC2)cc1NC(=O)CNCc1cccnc1.O=C(O)C(=O)O. The number of nitrogens with zero attached hydrogens (tertiary/aromatic N) is 2. The Hall–Kier alpha value is -3.39. The summed E-state index contributed by atoms with van der Waals surface area (Å²) in [7, 11) is -3.61. The minimum absolute atomic E-state index is 0.106. The van der Waals surface area contributed by atoms with Crippen LogP contribution in [0.1, 0.15) is 11.1 Å². The van der Waals surface area contributed by atoms with Crippen molar-refractivity contribution in [1.82, 2.24) is 14.6 Å². The number of carbonyl (C=O) groups excluding carboxylic acids is 1. The van der Waals surface area contributed by atoms with Crippen molar-refractivity contribution in [2.24, 2.45) is 0 Å². The maximum absolute atomic E-state index is 12.8. The molecule has 0 atom stereocenters. The minimum atomic E-state index is -3.61. The number of pyridine rings is 1. The molecule has 0 unspecified atom stereocenters. The molecule has 13 heteroatoms. The van der Waals surface area contributed by atoms with Crippen molar-refractivity contribution in [3.63, 3.8) is 0 Å². The lowest BCUT2D eigenvalue weighted by Crippen LogP contribution is -2.40. The smallest absolute Gasteiger partial charge is 0.414 e. The number of amides is 1. The van der Waals surface area contributed by atoms with Crippen molar-refractivity contribution in [3.8, 4) is 0 Å². The van der Waals surface area contributed by atoms with Crippen molar-refractivity contribution < 1.29 is 37.8 Å². The molecule has 4 N–H and O–H groups in total. The molecule has 34 heavy (non-hydrogen) atoms. The van der Waals surface area contributed by atoms with Gasteiger partial charge in [0.15, 0.2) is 0 Å². The summed E-state index contributed by atoms with van der Waals surface area (Å²) in [6.07, 6.45) is 3.42. The molecule has 1 aromatic heterocycles. The molecule has 2 heterocycles. The molecule has 1 amide bonds. The zero-order valence-electron chi connectivity index (χ0n) is 18.4. The number of morpholine rings is 1. The third-order valence-electron chi connectivity index (χ3n) is 4.61. The lowest BCUT2D eigenvalue weighted by Gasteiger charge is -2.26. The zero-order chi connectivity index (χ0) is 25.1. The van der Waals surface area contributed by atoms with E-state index in [9.17, 15) is 13.2 Å². The Morgan fingerprint density at radius 3 is 2.38 bits per heavy atom. The Labute approximate surface area is 196 Å². The van der Waals surface area contributed by atoms with Gasteiger partial charge < -0.3 is 25.6 Å². The standard InChI is InChI=1S/C19H24N4O4S.C2H2O4/c1-15-4-5-17(28(25,26)23-7-9-27-10-8-23)11-18(15)22-19(24)14-21-13-16-3-2-6-20-12-16;3-1(4)2(5)6/h2-6,11-12,21H,7-10,13-14H2,1H3,(H,22,24);(H,3,4)(H,5,6). The molecule has 0 radical (unpaired) electrons. The van der Waals surface area contributed by atoms with Crippen LogP contribution in [0.2, 0.25) is 0 Å². The maximum atomic E-state index is 12.8. The van der Waals surface area contributed by atoms with Gasteiger partial charge in [-0.25, -0.2) is 18.0 Å². The first kappa shape index (κ1) is 26.9. The van der Waals surface area contributed by atoms with Crippen molar-refractivity contribution in [1.29, 1.82) is 0 Å². The summed E-state index contributed by atoms with van der Waals surface area (Å²) >= 11 is 0. The van der Waals surface area contributed by atoms with Gasteiger partial charge in [-0.1, -0.05) is 12.1 Å². The summed E-state index contributed by atoms with van der Waals surface area (Å²) in [4.78, 5) is 34.6. The highest BCUT2D eigenvalue weighted by Crippen LogP contribution is 2.23. The van der Waals surface area contributed by atoms with Gasteiger partial charge in [-0.05, 0) is 36.2 Å². The van der Waals surface area contributed by atoms with Crippen molar-refractivity contribution >= 4 is 33.6 Å². The van der Waals surface area contributed by atoms with Crippen LogP contribution in [0, 0.1) is 6.92 Å². The van der Waals surface area contributed by atoms with Gasteiger partial charge in [0.05, 0.1) is 24.7 Å². The summed E-state index contributed by atoms with van der Waals surface area (Å²) < 4.78 is 32.2. The fraction of sp³-hybridized carbons (Fsp3) is 0.333. The number of nitrogens with one attached hydrogen (secondary N) is 2. The van der Waals surface area contributed by atoms with Gasteiger partial charge in [0, 0.05) is 37.7 Å². The first-order chi connectivity index (χ1) is 16.1. The Bertz CT molecular complexity index is 1090. The number of aryl methyl sites for hydroxylation is 1. The number of aliphatic carboxylic acids is 2. The van der Waals surface area contributed by atoms with E-state index in [1.807, 2.05) is 19.1 Å². The first-order valence-electron chi connectivity index (χ1n) is 10.2. The van der Waals surface area contributed by atoms with Gasteiger partial charge in [0.1, 0.15) is 0 Å². The van der Waals surface area contributed by atoms with Crippen molar-refractivity contribution in [2.75, 3.05) is 38.2 Å². The average Bonchev–Trinajstić information content (AvgIpc) is 2.82. The highest BCUT2D eigenvalue weighted by molar-refractivity contribution is 7.89. The van der Waals surface area contributed by atoms with Crippen LogP contribution < -0.4 is 10.6 Å². The highest BCUT2D eigenvalue weighted by atomic mass is 32.2. The molecule has 1 aromatic carbocycles.